The molecule has 2 fully saturated rings. The minimum absolute atomic E-state index is 0.759. The molecule has 0 radical (unpaired) electrons. The SMILES string of the molecule is CN1C2CCCC1CC(NCC1Cc3ccccc31)C2. The Morgan fingerprint density at radius 3 is 2.65 bits per heavy atom. The van der Waals surface area contributed by atoms with Gasteiger partial charge in [0.15, 0.2) is 0 Å². The lowest BCUT2D eigenvalue weighted by Crippen LogP contribution is -2.55. The van der Waals surface area contributed by atoms with Crippen molar-refractivity contribution in [3.05, 3.63) is 35.4 Å². The molecule has 20 heavy (non-hydrogen) atoms. The van der Waals surface area contributed by atoms with E-state index >= 15 is 0 Å². The van der Waals surface area contributed by atoms with Gasteiger partial charge in [0.1, 0.15) is 0 Å². The van der Waals surface area contributed by atoms with Crippen LogP contribution < -0.4 is 5.32 Å². The highest BCUT2D eigenvalue weighted by Crippen LogP contribution is 2.36. The third-order valence-electron chi connectivity index (χ3n) is 5.95. The fourth-order valence-electron chi connectivity index (χ4n) is 4.64. The number of nitrogens with zero attached hydrogens (tertiary/aromatic N) is 1. The minimum Gasteiger partial charge on any atom is -0.313 e. The maximum absolute atomic E-state index is 3.89. The summed E-state index contributed by atoms with van der Waals surface area (Å²) < 4.78 is 0. The first-order chi connectivity index (χ1) is 9.81. The predicted octanol–water partition coefficient (Wildman–Crippen LogP) is 2.93. The third kappa shape index (κ3) is 2.19. The average molecular weight is 270 g/mol. The Kier molecular flexibility index (Phi) is 3.31. The summed E-state index contributed by atoms with van der Waals surface area (Å²) in [5.41, 5.74) is 3.16. The van der Waals surface area contributed by atoms with E-state index in [1.807, 2.05) is 0 Å². The zero-order valence-corrected chi connectivity index (χ0v) is 12.5. The van der Waals surface area contributed by atoms with E-state index in [1.54, 1.807) is 11.1 Å². The lowest BCUT2D eigenvalue weighted by Gasteiger charge is -2.47. The quantitative estimate of drug-likeness (QED) is 0.908. The summed E-state index contributed by atoms with van der Waals surface area (Å²) in [6.45, 7) is 1.19. The van der Waals surface area contributed by atoms with Crippen LogP contribution >= 0.6 is 0 Å². The van der Waals surface area contributed by atoms with E-state index in [0.717, 1.165) is 24.0 Å². The number of piperidine rings is 2. The molecule has 1 N–H and O–H groups in total. The standard InChI is InChI=1S/C18H26N2/c1-20-16-6-4-7-17(20)11-15(10-16)19-12-14-9-13-5-2-3-8-18(13)14/h2-3,5,8,14-17,19H,4,6-7,9-12H2,1H3. The van der Waals surface area contributed by atoms with Gasteiger partial charge in [-0.2, -0.15) is 0 Å². The average Bonchev–Trinajstić information content (AvgIpc) is 2.40. The lowest BCUT2D eigenvalue weighted by molar-refractivity contribution is 0.0482. The van der Waals surface area contributed by atoms with E-state index in [1.165, 1.54) is 45.1 Å². The molecule has 3 atom stereocenters. The van der Waals surface area contributed by atoms with Crippen molar-refractivity contribution in [2.24, 2.45) is 0 Å². The van der Waals surface area contributed by atoms with Gasteiger partial charge >= 0.3 is 0 Å². The van der Waals surface area contributed by atoms with Crippen LogP contribution in [0.2, 0.25) is 0 Å². The number of hydrogen-bond acceptors (Lipinski definition) is 2. The molecule has 2 saturated heterocycles. The Hall–Kier alpha value is -0.860. The van der Waals surface area contributed by atoms with Gasteiger partial charge in [0.25, 0.3) is 0 Å². The summed E-state index contributed by atoms with van der Waals surface area (Å²) in [7, 11) is 2.34. The van der Waals surface area contributed by atoms with Crippen LogP contribution in [-0.2, 0) is 6.42 Å². The molecule has 1 aromatic rings. The van der Waals surface area contributed by atoms with Crippen LogP contribution in [0.1, 0.15) is 49.1 Å². The van der Waals surface area contributed by atoms with Crippen molar-refractivity contribution >= 4 is 0 Å². The highest BCUT2D eigenvalue weighted by molar-refractivity contribution is 5.40. The highest BCUT2D eigenvalue weighted by Gasteiger charge is 2.36. The van der Waals surface area contributed by atoms with Crippen molar-refractivity contribution < 1.29 is 0 Å². The third-order valence-corrected chi connectivity index (χ3v) is 5.95. The molecule has 0 aromatic heterocycles. The fourth-order valence-corrected chi connectivity index (χ4v) is 4.64. The van der Waals surface area contributed by atoms with Gasteiger partial charge in [-0.05, 0) is 50.3 Å². The molecule has 2 heteroatoms. The van der Waals surface area contributed by atoms with Crippen LogP contribution in [0.3, 0.4) is 0 Å². The number of hydrogen-bond donors (Lipinski definition) is 1. The molecule has 2 heterocycles. The molecule has 0 spiro atoms. The number of benzene rings is 1. The van der Waals surface area contributed by atoms with Crippen LogP contribution in [-0.4, -0.2) is 36.6 Å². The Labute approximate surface area is 122 Å². The Morgan fingerprint density at radius 2 is 1.90 bits per heavy atom. The number of nitrogens with one attached hydrogen (secondary N) is 1. The second-order valence-electron chi connectivity index (χ2n) is 7.08. The van der Waals surface area contributed by atoms with E-state index < -0.39 is 0 Å². The number of fused-ring (bicyclic) bond motifs is 3. The predicted molar refractivity (Wildman–Crippen MR) is 83.1 cm³/mol. The van der Waals surface area contributed by atoms with Crippen LogP contribution in [0, 0.1) is 0 Å². The Morgan fingerprint density at radius 1 is 1.15 bits per heavy atom. The zero-order chi connectivity index (χ0) is 13.5. The van der Waals surface area contributed by atoms with E-state index in [2.05, 4.69) is 41.5 Å². The van der Waals surface area contributed by atoms with Gasteiger partial charge in [0.05, 0.1) is 0 Å². The van der Waals surface area contributed by atoms with Crippen LogP contribution in [0.15, 0.2) is 24.3 Å². The normalized spacial score (nSPS) is 36.2. The molecule has 3 unspecified atom stereocenters. The molecule has 2 aliphatic heterocycles. The van der Waals surface area contributed by atoms with Gasteiger partial charge in [-0.25, -0.2) is 0 Å². The molecule has 3 aliphatic rings. The van der Waals surface area contributed by atoms with Gasteiger partial charge in [0.2, 0.25) is 0 Å². The van der Waals surface area contributed by atoms with Gasteiger partial charge in [-0.15, -0.1) is 0 Å². The van der Waals surface area contributed by atoms with E-state index in [4.69, 9.17) is 0 Å². The summed E-state index contributed by atoms with van der Waals surface area (Å²) in [5.74, 6) is 0.769. The second kappa shape index (κ2) is 5.16. The summed E-state index contributed by atoms with van der Waals surface area (Å²) >= 11 is 0. The smallest absolute Gasteiger partial charge is 0.0110 e. The maximum Gasteiger partial charge on any atom is 0.0110 e. The summed E-state index contributed by atoms with van der Waals surface area (Å²) in [6.07, 6.45) is 8.28. The monoisotopic (exact) mass is 270 g/mol. The van der Waals surface area contributed by atoms with Crippen molar-refractivity contribution in [1.82, 2.24) is 10.2 Å². The van der Waals surface area contributed by atoms with E-state index in [0.29, 0.717) is 0 Å². The highest BCUT2D eigenvalue weighted by atomic mass is 15.2. The first-order valence-corrected chi connectivity index (χ1v) is 8.34. The molecule has 1 aliphatic carbocycles. The molecule has 4 rings (SSSR count). The van der Waals surface area contributed by atoms with Crippen molar-refractivity contribution in [3.63, 3.8) is 0 Å². The summed E-state index contributed by atoms with van der Waals surface area (Å²) in [5, 5.41) is 3.89. The topological polar surface area (TPSA) is 15.3 Å². The Balaban J connectivity index is 1.33. The van der Waals surface area contributed by atoms with Crippen molar-refractivity contribution in [2.75, 3.05) is 13.6 Å². The minimum atomic E-state index is 0.759. The second-order valence-corrected chi connectivity index (χ2v) is 7.08. The molecule has 0 saturated carbocycles. The summed E-state index contributed by atoms with van der Waals surface area (Å²) in [4.78, 5) is 2.65. The van der Waals surface area contributed by atoms with E-state index in [9.17, 15) is 0 Å². The van der Waals surface area contributed by atoms with Gasteiger partial charge in [0, 0.05) is 30.6 Å². The summed E-state index contributed by atoms with van der Waals surface area (Å²) in [6, 6.07) is 11.4. The maximum atomic E-state index is 3.89. The van der Waals surface area contributed by atoms with Gasteiger partial charge < -0.3 is 10.2 Å². The molecule has 2 nitrogen and oxygen atoms in total. The molecule has 2 bridgehead atoms. The molecular formula is C18H26N2. The Bertz CT molecular complexity index is 470. The lowest BCUT2D eigenvalue weighted by atomic mass is 9.77. The van der Waals surface area contributed by atoms with Crippen molar-refractivity contribution in [3.8, 4) is 0 Å². The molecular weight excluding hydrogens is 244 g/mol. The molecule has 108 valence electrons. The first kappa shape index (κ1) is 12.8. The number of rotatable bonds is 3. The van der Waals surface area contributed by atoms with Gasteiger partial charge in [-0.1, -0.05) is 30.7 Å². The van der Waals surface area contributed by atoms with E-state index in [-0.39, 0.29) is 0 Å². The van der Waals surface area contributed by atoms with Crippen LogP contribution in [0.5, 0.6) is 0 Å². The largest absolute Gasteiger partial charge is 0.313 e. The zero-order valence-electron chi connectivity index (χ0n) is 12.5. The fraction of sp³-hybridized carbons (Fsp3) is 0.667. The van der Waals surface area contributed by atoms with Crippen molar-refractivity contribution in [1.29, 1.82) is 0 Å². The molecule has 1 aromatic carbocycles. The van der Waals surface area contributed by atoms with Crippen molar-refractivity contribution in [2.45, 2.75) is 62.6 Å². The van der Waals surface area contributed by atoms with Crippen LogP contribution in [0.4, 0.5) is 0 Å². The first-order valence-electron chi connectivity index (χ1n) is 8.34. The van der Waals surface area contributed by atoms with Crippen LogP contribution in [0.25, 0.3) is 0 Å². The van der Waals surface area contributed by atoms with Gasteiger partial charge in [-0.3, -0.25) is 0 Å². The molecule has 0 amide bonds.